The highest BCUT2D eigenvalue weighted by atomic mass is 32.1. The highest BCUT2D eigenvalue weighted by Gasteiger charge is 2.16. The van der Waals surface area contributed by atoms with E-state index in [2.05, 4.69) is 43.5 Å². The van der Waals surface area contributed by atoms with E-state index >= 15 is 0 Å². The summed E-state index contributed by atoms with van der Waals surface area (Å²) in [5.74, 6) is -0.156. The maximum atomic E-state index is 12.1. The first-order chi connectivity index (χ1) is 11.3. The number of anilines is 1. The molecule has 0 saturated carbocycles. The van der Waals surface area contributed by atoms with Crippen molar-refractivity contribution >= 4 is 22.9 Å². The molecule has 0 atom stereocenters. The number of aliphatic hydroxyl groups excluding tert-OH is 1. The van der Waals surface area contributed by atoms with Crippen LogP contribution in [0.25, 0.3) is 0 Å². The molecule has 0 aliphatic carbocycles. The summed E-state index contributed by atoms with van der Waals surface area (Å²) in [6.07, 6.45) is 0. The zero-order valence-corrected chi connectivity index (χ0v) is 15.6. The number of thiophene rings is 1. The number of carbonyl (C=O) groups is 1. The van der Waals surface area contributed by atoms with Crippen molar-refractivity contribution in [1.82, 2.24) is 5.32 Å². The van der Waals surface area contributed by atoms with Crippen LogP contribution in [-0.2, 0) is 12.0 Å². The Labute approximate surface area is 147 Å². The van der Waals surface area contributed by atoms with Gasteiger partial charge in [-0.2, -0.15) is 0 Å². The number of amides is 1. The highest BCUT2D eigenvalue weighted by Crippen LogP contribution is 2.30. The molecule has 0 radical (unpaired) electrons. The first-order valence-corrected chi connectivity index (χ1v) is 8.96. The predicted molar refractivity (Wildman–Crippen MR) is 101 cm³/mol. The summed E-state index contributed by atoms with van der Waals surface area (Å²) >= 11 is 1.82. The van der Waals surface area contributed by atoms with E-state index in [1.54, 1.807) is 6.07 Å². The number of rotatable bonds is 6. The summed E-state index contributed by atoms with van der Waals surface area (Å²) in [6.45, 7) is 9.53. The van der Waals surface area contributed by atoms with Crippen molar-refractivity contribution in [1.29, 1.82) is 0 Å². The number of aliphatic hydroxyl groups is 1. The minimum absolute atomic E-state index is 0.0583. The molecule has 0 unspecified atom stereocenters. The van der Waals surface area contributed by atoms with Crippen LogP contribution in [0.5, 0.6) is 0 Å². The number of benzene rings is 1. The van der Waals surface area contributed by atoms with Crippen LogP contribution in [0.1, 0.15) is 46.4 Å². The Bertz CT molecular complexity index is 702. The molecule has 0 spiro atoms. The van der Waals surface area contributed by atoms with Crippen molar-refractivity contribution in [3.63, 3.8) is 0 Å². The average Bonchev–Trinajstić information content (AvgIpc) is 3.01. The molecule has 1 aromatic heterocycles. The Morgan fingerprint density at radius 2 is 1.96 bits per heavy atom. The van der Waals surface area contributed by atoms with Gasteiger partial charge in [0.05, 0.1) is 6.61 Å². The molecule has 1 aromatic carbocycles. The van der Waals surface area contributed by atoms with Crippen molar-refractivity contribution < 1.29 is 9.90 Å². The molecule has 0 saturated heterocycles. The molecular formula is C19H26N2O2S. The van der Waals surface area contributed by atoms with E-state index in [0.717, 1.165) is 17.8 Å². The van der Waals surface area contributed by atoms with Gasteiger partial charge in [-0.25, -0.2) is 0 Å². The molecule has 0 fully saturated rings. The normalized spacial score (nSPS) is 11.4. The maximum Gasteiger partial charge on any atom is 0.251 e. The summed E-state index contributed by atoms with van der Waals surface area (Å²) in [7, 11) is 0. The third-order valence-corrected chi connectivity index (χ3v) is 5.34. The second-order valence-electron chi connectivity index (χ2n) is 6.83. The van der Waals surface area contributed by atoms with Gasteiger partial charge in [-0.15, -0.1) is 11.3 Å². The second kappa shape index (κ2) is 7.81. The van der Waals surface area contributed by atoms with Gasteiger partial charge in [0.2, 0.25) is 0 Å². The Morgan fingerprint density at radius 3 is 2.58 bits per heavy atom. The second-order valence-corrected chi connectivity index (χ2v) is 8.00. The summed E-state index contributed by atoms with van der Waals surface area (Å²) < 4.78 is 0. The van der Waals surface area contributed by atoms with Crippen LogP contribution in [0.4, 0.5) is 5.69 Å². The van der Waals surface area contributed by atoms with Gasteiger partial charge in [-0.05, 0) is 42.2 Å². The largest absolute Gasteiger partial charge is 0.395 e. The quantitative estimate of drug-likeness (QED) is 0.747. The van der Waals surface area contributed by atoms with Crippen LogP contribution in [0.3, 0.4) is 0 Å². The van der Waals surface area contributed by atoms with E-state index in [9.17, 15) is 4.79 Å². The van der Waals surface area contributed by atoms with Gasteiger partial charge in [0.25, 0.3) is 5.91 Å². The lowest BCUT2D eigenvalue weighted by atomic mass is 9.95. The molecule has 0 bridgehead atoms. The fourth-order valence-corrected chi connectivity index (χ4v) is 3.40. The van der Waals surface area contributed by atoms with Crippen LogP contribution in [0, 0.1) is 6.92 Å². The molecule has 0 aliphatic rings. The molecule has 5 heteroatoms. The van der Waals surface area contributed by atoms with E-state index in [1.807, 2.05) is 30.4 Å². The smallest absolute Gasteiger partial charge is 0.251 e. The number of hydrogen-bond donors (Lipinski definition) is 3. The van der Waals surface area contributed by atoms with Gasteiger partial charge in [0.1, 0.15) is 0 Å². The Morgan fingerprint density at radius 1 is 1.21 bits per heavy atom. The molecular weight excluding hydrogens is 320 g/mol. The molecule has 2 rings (SSSR count). The summed E-state index contributed by atoms with van der Waals surface area (Å²) in [5, 5.41) is 15.0. The molecule has 1 heterocycles. The third kappa shape index (κ3) is 4.58. The van der Waals surface area contributed by atoms with Crippen molar-refractivity contribution in [2.45, 2.75) is 39.7 Å². The van der Waals surface area contributed by atoms with Gasteiger partial charge >= 0.3 is 0 Å². The molecule has 130 valence electrons. The van der Waals surface area contributed by atoms with E-state index < -0.39 is 0 Å². The van der Waals surface area contributed by atoms with Crippen LogP contribution >= 0.6 is 11.3 Å². The molecule has 4 nitrogen and oxygen atoms in total. The monoisotopic (exact) mass is 346 g/mol. The number of carbonyl (C=O) groups excluding carboxylic acids is 1. The van der Waals surface area contributed by atoms with Gasteiger partial charge in [-0.1, -0.05) is 26.8 Å². The minimum Gasteiger partial charge on any atom is -0.395 e. The topological polar surface area (TPSA) is 61.4 Å². The highest BCUT2D eigenvalue weighted by molar-refractivity contribution is 7.12. The van der Waals surface area contributed by atoms with E-state index in [-0.39, 0.29) is 24.5 Å². The molecule has 2 aromatic rings. The SMILES string of the molecule is Cc1c(NCc2ccc(C(C)(C)C)s2)cccc1C(=O)NCCO. The standard InChI is InChI=1S/C19H26N2O2S/c1-13-15(18(23)20-10-11-22)6-5-7-16(13)21-12-14-8-9-17(24-14)19(2,3)4/h5-9,21-22H,10-12H2,1-4H3,(H,20,23). The average molecular weight is 346 g/mol. The van der Waals surface area contributed by atoms with E-state index in [1.165, 1.54) is 9.75 Å². The van der Waals surface area contributed by atoms with E-state index in [0.29, 0.717) is 5.56 Å². The van der Waals surface area contributed by atoms with Gasteiger partial charge in [0, 0.05) is 34.1 Å². The zero-order chi connectivity index (χ0) is 17.7. The van der Waals surface area contributed by atoms with Crippen molar-refractivity contribution in [2.24, 2.45) is 0 Å². The van der Waals surface area contributed by atoms with Crippen molar-refractivity contribution in [2.75, 3.05) is 18.5 Å². The fraction of sp³-hybridized carbons (Fsp3) is 0.421. The third-order valence-electron chi connectivity index (χ3n) is 3.83. The van der Waals surface area contributed by atoms with Gasteiger partial charge in [-0.3, -0.25) is 4.79 Å². The van der Waals surface area contributed by atoms with Gasteiger partial charge < -0.3 is 15.7 Å². The van der Waals surface area contributed by atoms with Gasteiger partial charge in [0.15, 0.2) is 0 Å². The first-order valence-electron chi connectivity index (χ1n) is 8.14. The van der Waals surface area contributed by atoms with E-state index in [4.69, 9.17) is 5.11 Å². The predicted octanol–water partition coefficient (Wildman–Crippen LogP) is 3.69. The molecule has 0 aliphatic heterocycles. The fourth-order valence-electron chi connectivity index (χ4n) is 2.40. The molecule has 1 amide bonds. The Kier molecular flexibility index (Phi) is 6.02. The Hall–Kier alpha value is -1.85. The Balaban J connectivity index is 2.08. The number of nitrogens with one attached hydrogen (secondary N) is 2. The maximum absolute atomic E-state index is 12.1. The summed E-state index contributed by atoms with van der Waals surface area (Å²) in [6, 6.07) is 10.0. The molecule has 24 heavy (non-hydrogen) atoms. The van der Waals surface area contributed by atoms with Crippen LogP contribution in [0.15, 0.2) is 30.3 Å². The van der Waals surface area contributed by atoms with Crippen LogP contribution in [-0.4, -0.2) is 24.2 Å². The summed E-state index contributed by atoms with van der Waals surface area (Å²) in [4.78, 5) is 14.8. The van der Waals surface area contributed by atoms with Crippen molar-refractivity contribution in [3.05, 3.63) is 51.2 Å². The summed E-state index contributed by atoms with van der Waals surface area (Å²) in [5.41, 5.74) is 2.68. The minimum atomic E-state index is -0.156. The van der Waals surface area contributed by atoms with Crippen molar-refractivity contribution in [3.8, 4) is 0 Å². The zero-order valence-electron chi connectivity index (χ0n) is 14.8. The lowest BCUT2D eigenvalue weighted by molar-refractivity contribution is 0.0944. The first kappa shape index (κ1) is 18.5. The van der Waals surface area contributed by atoms with Crippen LogP contribution < -0.4 is 10.6 Å². The molecule has 3 N–H and O–H groups in total. The number of hydrogen-bond acceptors (Lipinski definition) is 4. The lowest BCUT2D eigenvalue weighted by Gasteiger charge is -2.15. The van der Waals surface area contributed by atoms with Crippen LogP contribution in [0.2, 0.25) is 0 Å². The lowest BCUT2D eigenvalue weighted by Crippen LogP contribution is -2.27.